The van der Waals surface area contributed by atoms with Gasteiger partial charge < -0.3 is 5.73 Å². The van der Waals surface area contributed by atoms with Crippen LogP contribution in [0.1, 0.15) is 12.0 Å². The van der Waals surface area contributed by atoms with Crippen molar-refractivity contribution in [1.29, 1.82) is 0 Å². The molecule has 0 spiro atoms. The van der Waals surface area contributed by atoms with E-state index in [0.717, 1.165) is 31.7 Å². The van der Waals surface area contributed by atoms with Gasteiger partial charge in [0.1, 0.15) is 0 Å². The lowest BCUT2D eigenvalue weighted by molar-refractivity contribution is 0.319. The minimum Gasteiger partial charge on any atom is -0.330 e. The summed E-state index contributed by atoms with van der Waals surface area (Å²) in [5.74, 6) is 0.674. The molecule has 2 heterocycles. The molecule has 4 heteroatoms. The number of fused-ring (bicyclic) bond motifs is 1. The molecule has 0 aliphatic carbocycles. The lowest BCUT2D eigenvalue weighted by Gasteiger charge is -2.16. The van der Waals surface area contributed by atoms with Crippen molar-refractivity contribution < 1.29 is 0 Å². The van der Waals surface area contributed by atoms with Crippen LogP contribution in [0, 0.1) is 5.92 Å². The molecular weight excluding hydrogens is 258 g/mol. The Labute approximate surface area is 120 Å². The molecule has 2 N–H and O–H groups in total. The maximum atomic E-state index is 5.74. The number of benzene rings is 1. The number of nitrogens with two attached hydrogens (primary N) is 1. The summed E-state index contributed by atoms with van der Waals surface area (Å²) >= 11 is 0. The molecule has 19 heavy (non-hydrogen) atoms. The topological polar surface area (TPSA) is 42.1 Å². The van der Waals surface area contributed by atoms with Crippen molar-refractivity contribution in [3.63, 3.8) is 0 Å². The van der Waals surface area contributed by atoms with Gasteiger partial charge in [0.15, 0.2) is 0 Å². The Balaban J connectivity index is 0.00000133. The van der Waals surface area contributed by atoms with Crippen molar-refractivity contribution in [2.45, 2.75) is 13.0 Å². The molecule has 0 amide bonds. The molecule has 0 saturated carbocycles. The zero-order valence-electron chi connectivity index (χ0n) is 11.0. The smallest absolute Gasteiger partial charge is 0.0746 e. The van der Waals surface area contributed by atoms with Gasteiger partial charge in [-0.05, 0) is 37.1 Å². The molecule has 2 aromatic rings. The summed E-state index contributed by atoms with van der Waals surface area (Å²) in [4.78, 5) is 7.00. The average molecular weight is 278 g/mol. The summed E-state index contributed by atoms with van der Waals surface area (Å²) in [6.07, 6.45) is 3.10. The summed E-state index contributed by atoms with van der Waals surface area (Å²) < 4.78 is 0. The van der Waals surface area contributed by atoms with Gasteiger partial charge in [-0.1, -0.05) is 24.3 Å². The van der Waals surface area contributed by atoms with E-state index in [0.29, 0.717) is 5.92 Å². The van der Waals surface area contributed by atoms with E-state index in [2.05, 4.69) is 34.1 Å². The predicted octanol–water partition coefficient (Wildman–Crippen LogP) is 2.44. The highest BCUT2D eigenvalue weighted by atomic mass is 35.5. The van der Waals surface area contributed by atoms with Crippen molar-refractivity contribution in [2.75, 3.05) is 19.6 Å². The van der Waals surface area contributed by atoms with Crippen molar-refractivity contribution in [3.8, 4) is 0 Å². The third-order valence-electron chi connectivity index (χ3n) is 3.81. The van der Waals surface area contributed by atoms with E-state index in [4.69, 9.17) is 5.73 Å². The third kappa shape index (κ3) is 3.06. The van der Waals surface area contributed by atoms with Crippen LogP contribution in [0.3, 0.4) is 0 Å². The second-order valence-corrected chi connectivity index (χ2v) is 5.12. The fraction of sp³-hybridized carbons (Fsp3) is 0.400. The molecule has 0 bridgehead atoms. The zero-order valence-corrected chi connectivity index (χ0v) is 11.8. The number of halogens is 1. The molecule has 102 valence electrons. The molecule has 1 aliphatic heterocycles. The maximum Gasteiger partial charge on any atom is 0.0746 e. The molecule has 1 aliphatic rings. The van der Waals surface area contributed by atoms with Crippen molar-refractivity contribution in [2.24, 2.45) is 11.7 Å². The first-order chi connectivity index (χ1) is 8.86. The van der Waals surface area contributed by atoms with Crippen LogP contribution in [-0.2, 0) is 6.54 Å². The summed E-state index contributed by atoms with van der Waals surface area (Å²) in [5, 5.41) is 1.23. The largest absolute Gasteiger partial charge is 0.330 e. The highest BCUT2D eigenvalue weighted by Gasteiger charge is 2.21. The molecule has 1 fully saturated rings. The first-order valence-corrected chi connectivity index (χ1v) is 6.62. The van der Waals surface area contributed by atoms with Crippen molar-refractivity contribution >= 4 is 23.3 Å². The van der Waals surface area contributed by atoms with Gasteiger partial charge in [-0.15, -0.1) is 12.4 Å². The first kappa shape index (κ1) is 14.3. The summed E-state index contributed by atoms with van der Waals surface area (Å²) in [6, 6.07) is 10.5. The number of pyridine rings is 1. The van der Waals surface area contributed by atoms with E-state index in [9.17, 15) is 0 Å². The second-order valence-electron chi connectivity index (χ2n) is 5.12. The van der Waals surface area contributed by atoms with E-state index in [-0.39, 0.29) is 12.4 Å². The van der Waals surface area contributed by atoms with Crippen molar-refractivity contribution in [1.82, 2.24) is 9.88 Å². The van der Waals surface area contributed by atoms with Crippen LogP contribution in [0.15, 0.2) is 36.5 Å². The van der Waals surface area contributed by atoms with Crippen LogP contribution in [-0.4, -0.2) is 29.5 Å². The third-order valence-corrected chi connectivity index (χ3v) is 3.81. The summed E-state index contributed by atoms with van der Waals surface area (Å²) in [6.45, 7) is 4.08. The van der Waals surface area contributed by atoms with Gasteiger partial charge in [0.25, 0.3) is 0 Å². The Kier molecular flexibility index (Phi) is 4.75. The Hall–Kier alpha value is -1.16. The number of likely N-dealkylation sites (tertiary alicyclic amines) is 1. The molecule has 3 rings (SSSR count). The lowest BCUT2D eigenvalue weighted by atomic mass is 10.1. The minimum atomic E-state index is 0. The van der Waals surface area contributed by atoms with Gasteiger partial charge in [0.2, 0.25) is 0 Å². The molecule has 0 radical (unpaired) electrons. The van der Waals surface area contributed by atoms with Gasteiger partial charge in [-0.25, -0.2) is 0 Å². The average Bonchev–Trinajstić information content (AvgIpc) is 2.87. The van der Waals surface area contributed by atoms with E-state index < -0.39 is 0 Å². The Morgan fingerprint density at radius 3 is 2.89 bits per heavy atom. The number of nitrogens with zero attached hydrogens (tertiary/aromatic N) is 2. The number of rotatable bonds is 3. The lowest BCUT2D eigenvalue weighted by Crippen LogP contribution is -2.22. The number of aromatic nitrogens is 1. The van der Waals surface area contributed by atoms with Gasteiger partial charge in [-0.2, -0.15) is 0 Å². The first-order valence-electron chi connectivity index (χ1n) is 6.62. The highest BCUT2D eigenvalue weighted by Crippen LogP contribution is 2.21. The fourth-order valence-corrected chi connectivity index (χ4v) is 2.78. The quantitative estimate of drug-likeness (QED) is 0.937. The van der Waals surface area contributed by atoms with Crippen LogP contribution in [0.5, 0.6) is 0 Å². The standard InChI is InChI=1S/C15H19N3.ClH/c16-9-12-6-8-18(10-12)11-14-4-1-3-13-5-2-7-17-15(13)14;/h1-5,7,12H,6,8-11,16H2;1H. The summed E-state index contributed by atoms with van der Waals surface area (Å²) in [5.41, 5.74) is 8.20. The van der Waals surface area contributed by atoms with Crippen molar-refractivity contribution in [3.05, 3.63) is 42.1 Å². The molecular formula is C15H20ClN3. The van der Waals surface area contributed by atoms with Crippen LogP contribution >= 0.6 is 12.4 Å². The van der Waals surface area contributed by atoms with Crippen LogP contribution < -0.4 is 5.73 Å². The Morgan fingerprint density at radius 1 is 1.26 bits per heavy atom. The van der Waals surface area contributed by atoms with E-state index in [1.54, 1.807) is 0 Å². The van der Waals surface area contributed by atoms with Gasteiger partial charge in [0, 0.05) is 24.7 Å². The number of para-hydroxylation sites is 1. The van der Waals surface area contributed by atoms with Gasteiger partial charge in [-0.3, -0.25) is 9.88 Å². The second kappa shape index (κ2) is 6.33. The predicted molar refractivity (Wildman–Crippen MR) is 81.4 cm³/mol. The van der Waals surface area contributed by atoms with Gasteiger partial charge >= 0.3 is 0 Å². The van der Waals surface area contributed by atoms with E-state index >= 15 is 0 Å². The monoisotopic (exact) mass is 277 g/mol. The maximum absolute atomic E-state index is 5.74. The molecule has 1 saturated heterocycles. The number of hydrogen-bond donors (Lipinski definition) is 1. The van der Waals surface area contributed by atoms with Crippen LogP contribution in [0.25, 0.3) is 10.9 Å². The fourth-order valence-electron chi connectivity index (χ4n) is 2.78. The number of hydrogen-bond acceptors (Lipinski definition) is 3. The minimum absolute atomic E-state index is 0. The van der Waals surface area contributed by atoms with E-state index in [1.165, 1.54) is 17.4 Å². The molecule has 3 nitrogen and oxygen atoms in total. The van der Waals surface area contributed by atoms with Crippen LogP contribution in [0.2, 0.25) is 0 Å². The Morgan fingerprint density at radius 2 is 2.11 bits per heavy atom. The molecule has 1 aromatic carbocycles. The Bertz CT molecular complexity index is 538. The van der Waals surface area contributed by atoms with Gasteiger partial charge in [0.05, 0.1) is 5.52 Å². The zero-order chi connectivity index (χ0) is 12.4. The normalized spacial score (nSPS) is 19.5. The highest BCUT2D eigenvalue weighted by molar-refractivity contribution is 5.85. The van der Waals surface area contributed by atoms with Crippen LogP contribution in [0.4, 0.5) is 0 Å². The summed E-state index contributed by atoms with van der Waals surface area (Å²) in [7, 11) is 0. The SMILES string of the molecule is Cl.NCC1CCN(Cc2cccc3cccnc23)C1. The molecule has 1 unspecified atom stereocenters. The van der Waals surface area contributed by atoms with E-state index in [1.807, 2.05) is 12.3 Å². The molecule has 1 atom stereocenters. The molecule has 1 aromatic heterocycles.